The fourth-order valence-corrected chi connectivity index (χ4v) is 3.03. The Labute approximate surface area is 121 Å². The standard InChI is InChI=1S/C19H21N/c1-20-18(15-16-9-4-2-5-10-16)13-8-14-19(20)17-11-6-3-7-12-17/h2-7,9-12,15,19H,8,13-14H2,1H3/b18-15-. The number of benzene rings is 2. The molecule has 1 nitrogen and oxygen atoms in total. The summed E-state index contributed by atoms with van der Waals surface area (Å²) in [6.07, 6.45) is 6.01. The van der Waals surface area contributed by atoms with Gasteiger partial charge in [0.25, 0.3) is 0 Å². The van der Waals surface area contributed by atoms with Crippen molar-refractivity contribution in [3.05, 3.63) is 77.5 Å². The van der Waals surface area contributed by atoms with Crippen LogP contribution in [0.3, 0.4) is 0 Å². The van der Waals surface area contributed by atoms with Crippen molar-refractivity contribution < 1.29 is 0 Å². The van der Waals surface area contributed by atoms with Crippen LogP contribution in [0.2, 0.25) is 0 Å². The van der Waals surface area contributed by atoms with Crippen LogP contribution in [0.4, 0.5) is 0 Å². The smallest absolute Gasteiger partial charge is 0.0536 e. The van der Waals surface area contributed by atoms with Gasteiger partial charge in [0.2, 0.25) is 0 Å². The van der Waals surface area contributed by atoms with Crippen molar-refractivity contribution in [3.63, 3.8) is 0 Å². The summed E-state index contributed by atoms with van der Waals surface area (Å²) in [5.74, 6) is 0. The Morgan fingerprint density at radius 1 is 0.950 bits per heavy atom. The lowest BCUT2D eigenvalue weighted by atomic mass is 9.93. The molecule has 2 aromatic rings. The third kappa shape index (κ3) is 2.77. The highest BCUT2D eigenvalue weighted by atomic mass is 15.1. The number of hydrogen-bond acceptors (Lipinski definition) is 1. The maximum atomic E-state index is 2.45. The highest BCUT2D eigenvalue weighted by Crippen LogP contribution is 2.35. The van der Waals surface area contributed by atoms with Gasteiger partial charge in [-0.25, -0.2) is 0 Å². The average molecular weight is 263 g/mol. The van der Waals surface area contributed by atoms with Crippen LogP contribution in [-0.2, 0) is 0 Å². The van der Waals surface area contributed by atoms with Gasteiger partial charge in [0, 0.05) is 12.7 Å². The third-order valence-electron chi connectivity index (χ3n) is 4.15. The lowest BCUT2D eigenvalue weighted by Crippen LogP contribution is -2.27. The minimum atomic E-state index is 0.514. The molecule has 0 saturated carbocycles. The second-order valence-corrected chi connectivity index (χ2v) is 5.48. The van der Waals surface area contributed by atoms with Crippen LogP contribution in [-0.4, -0.2) is 11.9 Å². The molecule has 1 saturated heterocycles. The molecule has 1 fully saturated rings. The van der Waals surface area contributed by atoms with Crippen LogP contribution >= 0.6 is 0 Å². The zero-order chi connectivity index (χ0) is 13.8. The lowest BCUT2D eigenvalue weighted by molar-refractivity contribution is 0.245. The first-order chi connectivity index (χ1) is 9.84. The van der Waals surface area contributed by atoms with Crippen LogP contribution in [0, 0.1) is 0 Å². The van der Waals surface area contributed by atoms with Crippen molar-refractivity contribution >= 4 is 6.08 Å². The molecular formula is C19H21N. The average Bonchev–Trinajstić information content (AvgIpc) is 2.51. The number of rotatable bonds is 2. The van der Waals surface area contributed by atoms with Gasteiger partial charge in [-0.1, -0.05) is 60.7 Å². The molecule has 2 aromatic carbocycles. The molecule has 1 aliphatic rings. The van der Waals surface area contributed by atoms with Crippen LogP contribution in [0.5, 0.6) is 0 Å². The molecular weight excluding hydrogens is 242 g/mol. The van der Waals surface area contributed by atoms with E-state index < -0.39 is 0 Å². The van der Waals surface area contributed by atoms with E-state index in [2.05, 4.69) is 78.7 Å². The maximum Gasteiger partial charge on any atom is 0.0536 e. The SMILES string of the molecule is CN1/C(=C\c2ccccc2)CCCC1c1ccccc1. The van der Waals surface area contributed by atoms with Gasteiger partial charge in [0.05, 0.1) is 6.04 Å². The van der Waals surface area contributed by atoms with Gasteiger partial charge in [0.1, 0.15) is 0 Å². The maximum absolute atomic E-state index is 2.45. The third-order valence-corrected chi connectivity index (χ3v) is 4.15. The van der Waals surface area contributed by atoms with Crippen molar-refractivity contribution in [3.8, 4) is 0 Å². The molecule has 20 heavy (non-hydrogen) atoms. The Bertz CT molecular complexity index is 571. The first-order valence-corrected chi connectivity index (χ1v) is 7.38. The topological polar surface area (TPSA) is 3.24 Å². The number of piperidine rings is 1. The minimum Gasteiger partial charge on any atom is -0.371 e. The predicted octanol–water partition coefficient (Wildman–Crippen LogP) is 4.88. The van der Waals surface area contributed by atoms with Crippen LogP contribution in [0.25, 0.3) is 6.08 Å². The Hall–Kier alpha value is -2.02. The molecule has 0 aromatic heterocycles. The summed E-state index contributed by atoms with van der Waals surface area (Å²) in [4.78, 5) is 2.45. The molecule has 1 heteroatoms. The van der Waals surface area contributed by atoms with Gasteiger partial charge in [-0.15, -0.1) is 0 Å². The highest BCUT2D eigenvalue weighted by Gasteiger charge is 2.23. The van der Waals surface area contributed by atoms with Gasteiger partial charge < -0.3 is 4.90 Å². The molecule has 1 aliphatic heterocycles. The van der Waals surface area contributed by atoms with Crippen LogP contribution < -0.4 is 0 Å². The largest absolute Gasteiger partial charge is 0.371 e. The molecule has 0 bridgehead atoms. The van der Waals surface area contributed by atoms with E-state index in [1.165, 1.54) is 36.1 Å². The van der Waals surface area contributed by atoms with Gasteiger partial charge in [-0.05, 0) is 36.5 Å². The summed E-state index contributed by atoms with van der Waals surface area (Å²) in [5.41, 5.74) is 4.16. The summed E-state index contributed by atoms with van der Waals surface area (Å²) < 4.78 is 0. The van der Waals surface area contributed by atoms with Crippen molar-refractivity contribution in [1.29, 1.82) is 0 Å². The monoisotopic (exact) mass is 263 g/mol. The van der Waals surface area contributed by atoms with Crippen molar-refractivity contribution in [2.45, 2.75) is 25.3 Å². The molecule has 0 N–H and O–H groups in total. The van der Waals surface area contributed by atoms with E-state index in [-0.39, 0.29) is 0 Å². The highest BCUT2D eigenvalue weighted by molar-refractivity contribution is 5.52. The van der Waals surface area contributed by atoms with Gasteiger partial charge in [0.15, 0.2) is 0 Å². The molecule has 1 heterocycles. The van der Waals surface area contributed by atoms with Crippen LogP contribution in [0.1, 0.15) is 36.4 Å². The Morgan fingerprint density at radius 2 is 1.60 bits per heavy atom. The van der Waals surface area contributed by atoms with E-state index in [0.29, 0.717) is 6.04 Å². The summed E-state index contributed by atoms with van der Waals surface area (Å²) in [6, 6.07) is 22.0. The van der Waals surface area contributed by atoms with E-state index in [9.17, 15) is 0 Å². The van der Waals surface area contributed by atoms with E-state index in [1.54, 1.807) is 0 Å². The Balaban J connectivity index is 1.86. The number of likely N-dealkylation sites (tertiary alicyclic amines) is 1. The molecule has 0 aliphatic carbocycles. The first kappa shape index (κ1) is 13.0. The normalized spacial score (nSPS) is 21.1. The predicted molar refractivity (Wildman–Crippen MR) is 85.2 cm³/mol. The van der Waals surface area contributed by atoms with Crippen molar-refractivity contribution in [2.24, 2.45) is 0 Å². The zero-order valence-electron chi connectivity index (χ0n) is 12.0. The molecule has 0 spiro atoms. The fraction of sp³-hybridized carbons (Fsp3) is 0.263. The second-order valence-electron chi connectivity index (χ2n) is 5.48. The van der Waals surface area contributed by atoms with E-state index in [4.69, 9.17) is 0 Å². The lowest BCUT2D eigenvalue weighted by Gasteiger charge is -2.37. The molecule has 1 unspecified atom stereocenters. The summed E-state index contributed by atoms with van der Waals surface area (Å²) in [5, 5.41) is 0. The van der Waals surface area contributed by atoms with Gasteiger partial charge in [-0.3, -0.25) is 0 Å². The minimum absolute atomic E-state index is 0.514. The van der Waals surface area contributed by atoms with E-state index >= 15 is 0 Å². The number of allylic oxidation sites excluding steroid dienone is 1. The number of nitrogens with zero attached hydrogens (tertiary/aromatic N) is 1. The summed E-state index contributed by atoms with van der Waals surface area (Å²) in [7, 11) is 2.23. The van der Waals surface area contributed by atoms with Gasteiger partial charge >= 0.3 is 0 Å². The van der Waals surface area contributed by atoms with Crippen LogP contribution in [0.15, 0.2) is 66.4 Å². The van der Waals surface area contributed by atoms with Gasteiger partial charge in [-0.2, -0.15) is 0 Å². The van der Waals surface area contributed by atoms with E-state index in [0.717, 1.165) is 0 Å². The molecule has 1 atom stereocenters. The molecule has 102 valence electrons. The summed E-state index contributed by atoms with van der Waals surface area (Å²) in [6.45, 7) is 0. The first-order valence-electron chi connectivity index (χ1n) is 7.38. The van der Waals surface area contributed by atoms with E-state index in [1.807, 2.05) is 0 Å². The fourth-order valence-electron chi connectivity index (χ4n) is 3.03. The van der Waals surface area contributed by atoms with Crippen molar-refractivity contribution in [2.75, 3.05) is 7.05 Å². The number of hydrogen-bond donors (Lipinski definition) is 0. The Kier molecular flexibility index (Phi) is 3.87. The molecule has 0 radical (unpaired) electrons. The second kappa shape index (κ2) is 5.96. The molecule has 0 amide bonds. The van der Waals surface area contributed by atoms with Crippen molar-refractivity contribution in [1.82, 2.24) is 4.90 Å². The zero-order valence-corrected chi connectivity index (χ0v) is 12.0. The summed E-state index contributed by atoms with van der Waals surface area (Å²) >= 11 is 0. The Morgan fingerprint density at radius 3 is 2.30 bits per heavy atom. The molecule has 3 rings (SSSR count). The quantitative estimate of drug-likeness (QED) is 0.746.